The monoisotopic (exact) mass is 293 g/mol. The van der Waals surface area contributed by atoms with Crippen LogP contribution >= 0.6 is 0 Å². The van der Waals surface area contributed by atoms with Gasteiger partial charge in [0.15, 0.2) is 9.84 Å². The maximum atomic E-state index is 12.8. The molecule has 3 rings (SSSR count). The maximum Gasteiger partial charge on any atom is 0.190 e. The highest BCUT2D eigenvalue weighted by Crippen LogP contribution is 2.40. The topological polar surface area (TPSA) is 87.2 Å². The van der Waals surface area contributed by atoms with E-state index in [1.165, 1.54) is 10.9 Å². The van der Waals surface area contributed by atoms with Crippen LogP contribution in [0.2, 0.25) is 0 Å². The molecule has 2 aromatic rings. The standard InChI is InChI=1S/C13H15N3O3S/c1-16-13(14)12(8-15-16)20(17,18)11-6-7-19-10-5-3-2-4-9(10)11/h2-5,8,11H,6-7,14H2,1H3. The summed E-state index contributed by atoms with van der Waals surface area (Å²) in [4.78, 5) is 0.0849. The van der Waals surface area contributed by atoms with Gasteiger partial charge in [0.25, 0.3) is 0 Å². The second kappa shape index (κ2) is 4.52. The smallest absolute Gasteiger partial charge is 0.190 e. The van der Waals surface area contributed by atoms with Crippen LogP contribution in [0.1, 0.15) is 17.2 Å². The number of fused-ring (bicyclic) bond motifs is 1. The van der Waals surface area contributed by atoms with Gasteiger partial charge in [0, 0.05) is 19.0 Å². The van der Waals surface area contributed by atoms with Crippen LogP contribution in [-0.2, 0) is 16.9 Å². The van der Waals surface area contributed by atoms with E-state index in [9.17, 15) is 8.42 Å². The molecule has 2 N–H and O–H groups in total. The second-order valence-electron chi connectivity index (χ2n) is 4.73. The van der Waals surface area contributed by atoms with Gasteiger partial charge in [0.1, 0.15) is 16.5 Å². The number of benzene rings is 1. The van der Waals surface area contributed by atoms with Crippen molar-refractivity contribution in [2.45, 2.75) is 16.6 Å². The van der Waals surface area contributed by atoms with Crippen molar-refractivity contribution in [2.24, 2.45) is 7.05 Å². The Morgan fingerprint density at radius 3 is 2.85 bits per heavy atom. The normalized spacial score (nSPS) is 18.4. The number of nitrogens with two attached hydrogens (primary N) is 1. The van der Waals surface area contributed by atoms with Crippen molar-refractivity contribution in [2.75, 3.05) is 12.3 Å². The lowest BCUT2D eigenvalue weighted by Crippen LogP contribution is -2.22. The van der Waals surface area contributed by atoms with Gasteiger partial charge in [-0.05, 0) is 6.07 Å². The zero-order chi connectivity index (χ0) is 14.3. The lowest BCUT2D eigenvalue weighted by atomic mass is 10.1. The summed E-state index contributed by atoms with van der Waals surface area (Å²) in [5, 5.41) is 3.27. The third kappa shape index (κ3) is 1.85. The van der Waals surface area contributed by atoms with Gasteiger partial charge in [-0.15, -0.1) is 0 Å². The number of nitrogen functional groups attached to an aromatic ring is 1. The molecular weight excluding hydrogens is 278 g/mol. The Morgan fingerprint density at radius 1 is 1.40 bits per heavy atom. The predicted molar refractivity (Wildman–Crippen MR) is 74.1 cm³/mol. The van der Waals surface area contributed by atoms with Crippen LogP contribution in [0.4, 0.5) is 5.82 Å². The summed E-state index contributed by atoms with van der Waals surface area (Å²) in [5.41, 5.74) is 6.49. The Labute approximate surface area is 117 Å². The van der Waals surface area contributed by atoms with E-state index in [0.29, 0.717) is 24.3 Å². The quantitative estimate of drug-likeness (QED) is 0.901. The minimum atomic E-state index is -3.57. The molecule has 2 heterocycles. The number of aryl methyl sites for hydroxylation is 1. The molecule has 0 amide bonds. The molecule has 6 nitrogen and oxygen atoms in total. The van der Waals surface area contributed by atoms with Gasteiger partial charge in [0.2, 0.25) is 0 Å². The lowest BCUT2D eigenvalue weighted by molar-refractivity contribution is 0.283. The van der Waals surface area contributed by atoms with Crippen molar-refractivity contribution in [1.82, 2.24) is 9.78 Å². The number of rotatable bonds is 2. The molecule has 0 saturated carbocycles. The van der Waals surface area contributed by atoms with E-state index >= 15 is 0 Å². The molecule has 0 spiro atoms. The first-order chi connectivity index (χ1) is 9.51. The van der Waals surface area contributed by atoms with Crippen LogP contribution in [0.5, 0.6) is 5.75 Å². The van der Waals surface area contributed by atoms with Gasteiger partial charge in [-0.25, -0.2) is 8.42 Å². The number of nitrogens with zero attached hydrogens (tertiary/aromatic N) is 2. The molecule has 1 aliphatic rings. The maximum absolute atomic E-state index is 12.8. The minimum absolute atomic E-state index is 0.0849. The predicted octanol–water partition coefficient (Wildman–Crippen LogP) is 1.30. The third-order valence-corrected chi connectivity index (χ3v) is 5.70. The fraction of sp³-hybridized carbons (Fsp3) is 0.308. The molecule has 1 aromatic heterocycles. The molecule has 1 aromatic carbocycles. The van der Waals surface area contributed by atoms with E-state index in [-0.39, 0.29) is 10.7 Å². The largest absolute Gasteiger partial charge is 0.493 e. The van der Waals surface area contributed by atoms with Crippen LogP contribution in [-0.4, -0.2) is 24.8 Å². The summed E-state index contributed by atoms with van der Waals surface area (Å²) in [6, 6.07) is 7.20. The van der Waals surface area contributed by atoms with E-state index in [1.807, 2.05) is 12.1 Å². The molecule has 106 valence electrons. The van der Waals surface area contributed by atoms with Crippen molar-refractivity contribution in [3.8, 4) is 5.75 Å². The highest BCUT2D eigenvalue weighted by Gasteiger charge is 2.36. The fourth-order valence-corrected chi connectivity index (χ4v) is 4.29. The van der Waals surface area contributed by atoms with Crippen molar-refractivity contribution >= 4 is 15.7 Å². The first-order valence-electron chi connectivity index (χ1n) is 6.25. The molecule has 0 saturated heterocycles. The highest BCUT2D eigenvalue weighted by molar-refractivity contribution is 7.91. The van der Waals surface area contributed by atoms with E-state index in [2.05, 4.69) is 5.10 Å². The van der Waals surface area contributed by atoms with E-state index in [4.69, 9.17) is 10.5 Å². The Balaban J connectivity index is 2.12. The van der Waals surface area contributed by atoms with E-state index in [0.717, 1.165) is 0 Å². The van der Waals surface area contributed by atoms with Gasteiger partial charge in [-0.2, -0.15) is 5.10 Å². The molecule has 0 fully saturated rings. The van der Waals surface area contributed by atoms with Gasteiger partial charge in [-0.3, -0.25) is 4.68 Å². The Hall–Kier alpha value is -2.02. The average Bonchev–Trinajstić information content (AvgIpc) is 2.79. The molecule has 7 heteroatoms. The van der Waals surface area contributed by atoms with Crippen LogP contribution in [0.25, 0.3) is 0 Å². The second-order valence-corrected chi connectivity index (χ2v) is 6.83. The summed E-state index contributed by atoms with van der Waals surface area (Å²) in [5.74, 6) is 0.781. The number of sulfone groups is 1. The summed E-state index contributed by atoms with van der Waals surface area (Å²) in [7, 11) is -1.96. The number of para-hydroxylation sites is 1. The number of hydrogen-bond acceptors (Lipinski definition) is 5. The Bertz CT molecular complexity index is 752. The molecule has 1 atom stereocenters. The Kier molecular flexibility index (Phi) is 2.93. The minimum Gasteiger partial charge on any atom is -0.493 e. The summed E-state index contributed by atoms with van der Waals surface area (Å²) in [6.07, 6.45) is 1.72. The number of hydrogen-bond donors (Lipinski definition) is 1. The van der Waals surface area contributed by atoms with Crippen molar-refractivity contribution in [1.29, 1.82) is 0 Å². The highest BCUT2D eigenvalue weighted by atomic mass is 32.2. The number of aromatic nitrogens is 2. The first kappa shape index (κ1) is 13.0. The third-order valence-electron chi connectivity index (χ3n) is 3.53. The van der Waals surface area contributed by atoms with Crippen LogP contribution in [0.15, 0.2) is 35.4 Å². The summed E-state index contributed by atoms with van der Waals surface area (Å²) >= 11 is 0. The van der Waals surface area contributed by atoms with E-state index in [1.54, 1.807) is 19.2 Å². The summed E-state index contributed by atoms with van der Waals surface area (Å²) in [6.45, 7) is 0.376. The zero-order valence-corrected chi connectivity index (χ0v) is 11.8. The molecule has 0 aliphatic carbocycles. The lowest BCUT2D eigenvalue weighted by Gasteiger charge is -2.25. The Morgan fingerprint density at radius 2 is 2.15 bits per heavy atom. The molecule has 20 heavy (non-hydrogen) atoms. The first-order valence-corrected chi connectivity index (χ1v) is 7.79. The van der Waals surface area contributed by atoms with E-state index < -0.39 is 15.1 Å². The van der Waals surface area contributed by atoms with Crippen LogP contribution < -0.4 is 10.5 Å². The SMILES string of the molecule is Cn1ncc(S(=O)(=O)C2CCOc3ccccc32)c1N. The van der Waals surface area contributed by atoms with Crippen molar-refractivity contribution < 1.29 is 13.2 Å². The molecule has 0 radical (unpaired) electrons. The van der Waals surface area contributed by atoms with Gasteiger partial charge >= 0.3 is 0 Å². The van der Waals surface area contributed by atoms with Crippen molar-refractivity contribution in [3.63, 3.8) is 0 Å². The summed E-state index contributed by atoms with van der Waals surface area (Å²) < 4.78 is 32.5. The van der Waals surface area contributed by atoms with Crippen LogP contribution in [0, 0.1) is 0 Å². The number of ether oxygens (including phenoxy) is 1. The zero-order valence-electron chi connectivity index (χ0n) is 11.0. The average molecular weight is 293 g/mol. The molecular formula is C13H15N3O3S. The fourth-order valence-electron chi connectivity index (χ4n) is 2.43. The van der Waals surface area contributed by atoms with Gasteiger partial charge in [-0.1, -0.05) is 18.2 Å². The van der Waals surface area contributed by atoms with Gasteiger partial charge in [0.05, 0.1) is 18.1 Å². The van der Waals surface area contributed by atoms with Crippen molar-refractivity contribution in [3.05, 3.63) is 36.0 Å². The van der Waals surface area contributed by atoms with Crippen LogP contribution in [0.3, 0.4) is 0 Å². The molecule has 0 bridgehead atoms. The number of anilines is 1. The molecule has 1 unspecified atom stereocenters. The molecule has 1 aliphatic heterocycles. The van der Waals surface area contributed by atoms with Gasteiger partial charge < -0.3 is 10.5 Å².